The summed E-state index contributed by atoms with van der Waals surface area (Å²) in [6.07, 6.45) is 1.64. The third kappa shape index (κ3) is 4.87. The van der Waals surface area contributed by atoms with Crippen molar-refractivity contribution in [1.29, 1.82) is 0 Å². The SMILES string of the molecule is CCCc1nnc(-c2ccc(OCC(=O)Nc3ccc(F)cc3F)cc2)o1. The van der Waals surface area contributed by atoms with E-state index in [1.165, 1.54) is 0 Å². The van der Waals surface area contributed by atoms with Crippen LogP contribution in [-0.4, -0.2) is 22.7 Å². The number of rotatable bonds is 7. The Morgan fingerprint density at radius 1 is 1.15 bits per heavy atom. The molecule has 0 unspecified atom stereocenters. The predicted molar refractivity (Wildman–Crippen MR) is 94.2 cm³/mol. The van der Waals surface area contributed by atoms with Crippen molar-refractivity contribution in [3.8, 4) is 17.2 Å². The molecule has 0 spiro atoms. The van der Waals surface area contributed by atoms with Gasteiger partial charge in [0.05, 0.1) is 5.69 Å². The number of carbonyl (C=O) groups excluding carboxylic acids is 1. The number of nitrogens with one attached hydrogen (secondary N) is 1. The third-order valence-electron chi connectivity index (χ3n) is 3.61. The van der Waals surface area contributed by atoms with Crippen LogP contribution in [-0.2, 0) is 11.2 Å². The fourth-order valence-electron chi connectivity index (χ4n) is 2.30. The van der Waals surface area contributed by atoms with Crippen molar-refractivity contribution in [3.05, 3.63) is 60.0 Å². The molecule has 0 radical (unpaired) electrons. The predicted octanol–water partition coefficient (Wildman–Crippen LogP) is 3.98. The van der Waals surface area contributed by atoms with Crippen molar-refractivity contribution in [2.45, 2.75) is 19.8 Å². The standard InChI is InChI=1S/C19H17F2N3O3/c1-2-3-18-23-24-19(27-18)12-4-7-14(8-5-12)26-11-17(25)22-16-9-6-13(20)10-15(16)21/h4-10H,2-3,11H2,1H3,(H,22,25). The topological polar surface area (TPSA) is 77.2 Å². The van der Waals surface area contributed by atoms with Crippen LogP contribution in [0.15, 0.2) is 46.9 Å². The largest absolute Gasteiger partial charge is 0.484 e. The van der Waals surface area contributed by atoms with Gasteiger partial charge >= 0.3 is 0 Å². The van der Waals surface area contributed by atoms with Gasteiger partial charge in [0.2, 0.25) is 11.8 Å². The maximum absolute atomic E-state index is 13.5. The van der Waals surface area contributed by atoms with E-state index in [-0.39, 0.29) is 12.3 Å². The molecule has 3 aromatic rings. The molecule has 6 nitrogen and oxygen atoms in total. The van der Waals surface area contributed by atoms with Crippen molar-refractivity contribution in [3.63, 3.8) is 0 Å². The maximum Gasteiger partial charge on any atom is 0.262 e. The highest BCUT2D eigenvalue weighted by Crippen LogP contribution is 2.22. The summed E-state index contributed by atoms with van der Waals surface area (Å²) in [5, 5.41) is 10.3. The zero-order chi connectivity index (χ0) is 19.2. The molecule has 0 aliphatic carbocycles. The van der Waals surface area contributed by atoms with Gasteiger partial charge in [0.1, 0.15) is 17.4 Å². The summed E-state index contributed by atoms with van der Waals surface area (Å²) >= 11 is 0. The third-order valence-corrected chi connectivity index (χ3v) is 3.61. The van der Waals surface area contributed by atoms with E-state index >= 15 is 0 Å². The first kappa shape index (κ1) is 18.5. The van der Waals surface area contributed by atoms with Crippen molar-refractivity contribution in [2.24, 2.45) is 0 Å². The molecule has 1 heterocycles. The van der Waals surface area contributed by atoms with E-state index in [0.29, 0.717) is 23.6 Å². The Labute approximate surface area is 154 Å². The molecule has 0 atom stereocenters. The minimum atomic E-state index is -0.852. The van der Waals surface area contributed by atoms with E-state index < -0.39 is 17.5 Å². The van der Waals surface area contributed by atoms with Crippen molar-refractivity contribution >= 4 is 11.6 Å². The first-order valence-corrected chi connectivity index (χ1v) is 8.35. The summed E-state index contributed by atoms with van der Waals surface area (Å²) in [5.74, 6) is -0.695. The molecule has 2 aromatic carbocycles. The summed E-state index contributed by atoms with van der Waals surface area (Å²) in [6, 6.07) is 9.68. The second-order valence-corrected chi connectivity index (χ2v) is 5.74. The summed E-state index contributed by atoms with van der Waals surface area (Å²) in [7, 11) is 0. The van der Waals surface area contributed by atoms with E-state index in [1.54, 1.807) is 24.3 Å². The highest BCUT2D eigenvalue weighted by Gasteiger charge is 2.10. The number of aryl methyl sites for hydroxylation is 1. The molecule has 0 bridgehead atoms. The first-order chi connectivity index (χ1) is 13.0. The fourth-order valence-corrected chi connectivity index (χ4v) is 2.30. The summed E-state index contributed by atoms with van der Waals surface area (Å²) in [4.78, 5) is 11.8. The lowest BCUT2D eigenvalue weighted by molar-refractivity contribution is -0.118. The molecule has 27 heavy (non-hydrogen) atoms. The van der Waals surface area contributed by atoms with Crippen LogP contribution in [0, 0.1) is 11.6 Å². The summed E-state index contributed by atoms with van der Waals surface area (Å²) < 4.78 is 37.3. The zero-order valence-corrected chi connectivity index (χ0v) is 14.5. The van der Waals surface area contributed by atoms with Crippen molar-refractivity contribution < 1.29 is 22.7 Å². The average molecular weight is 373 g/mol. The lowest BCUT2D eigenvalue weighted by Gasteiger charge is -2.08. The summed E-state index contributed by atoms with van der Waals surface area (Å²) in [6.45, 7) is 1.70. The lowest BCUT2D eigenvalue weighted by Crippen LogP contribution is -2.20. The molecule has 3 rings (SSSR count). The molecule has 0 aliphatic heterocycles. The Balaban J connectivity index is 1.55. The van der Waals surface area contributed by atoms with Crippen LogP contribution in [0.2, 0.25) is 0 Å². The number of ether oxygens (including phenoxy) is 1. The number of hydrogen-bond donors (Lipinski definition) is 1. The van der Waals surface area contributed by atoms with Gasteiger partial charge in [-0.1, -0.05) is 6.92 Å². The van der Waals surface area contributed by atoms with Gasteiger partial charge in [-0.15, -0.1) is 10.2 Å². The van der Waals surface area contributed by atoms with Crippen LogP contribution < -0.4 is 10.1 Å². The Bertz CT molecular complexity index is 926. The van der Waals surface area contributed by atoms with Crippen LogP contribution in [0.4, 0.5) is 14.5 Å². The number of anilines is 1. The second kappa shape index (κ2) is 8.39. The Kier molecular flexibility index (Phi) is 5.75. The van der Waals surface area contributed by atoms with Gasteiger partial charge in [-0.2, -0.15) is 0 Å². The molecule has 140 valence electrons. The quantitative estimate of drug-likeness (QED) is 0.678. The Hall–Kier alpha value is -3.29. The maximum atomic E-state index is 13.5. The molecular formula is C19H17F2N3O3. The van der Waals surface area contributed by atoms with Gasteiger partial charge < -0.3 is 14.5 Å². The van der Waals surface area contributed by atoms with E-state index in [0.717, 1.165) is 30.5 Å². The average Bonchev–Trinajstić information content (AvgIpc) is 3.12. The fraction of sp³-hybridized carbons (Fsp3) is 0.211. The van der Waals surface area contributed by atoms with Gasteiger partial charge in [0.25, 0.3) is 5.91 Å². The van der Waals surface area contributed by atoms with Crippen LogP contribution in [0.25, 0.3) is 11.5 Å². The van der Waals surface area contributed by atoms with Crippen LogP contribution in [0.1, 0.15) is 19.2 Å². The molecule has 0 fully saturated rings. The van der Waals surface area contributed by atoms with E-state index in [4.69, 9.17) is 9.15 Å². The van der Waals surface area contributed by atoms with E-state index in [2.05, 4.69) is 15.5 Å². The van der Waals surface area contributed by atoms with Gasteiger partial charge in [-0.05, 0) is 42.8 Å². The number of halogens is 2. The minimum absolute atomic E-state index is 0.111. The lowest BCUT2D eigenvalue weighted by atomic mass is 10.2. The van der Waals surface area contributed by atoms with Crippen LogP contribution in [0.3, 0.4) is 0 Å². The number of amides is 1. The van der Waals surface area contributed by atoms with Gasteiger partial charge in [-0.25, -0.2) is 8.78 Å². The highest BCUT2D eigenvalue weighted by molar-refractivity contribution is 5.92. The number of benzene rings is 2. The zero-order valence-electron chi connectivity index (χ0n) is 14.5. The van der Waals surface area contributed by atoms with Crippen molar-refractivity contribution in [2.75, 3.05) is 11.9 Å². The number of aromatic nitrogens is 2. The van der Waals surface area contributed by atoms with Gasteiger partial charge in [0, 0.05) is 18.1 Å². The molecule has 0 saturated heterocycles. The Morgan fingerprint density at radius 3 is 2.63 bits per heavy atom. The smallest absolute Gasteiger partial charge is 0.262 e. The van der Waals surface area contributed by atoms with Gasteiger partial charge in [-0.3, -0.25) is 4.79 Å². The normalized spacial score (nSPS) is 10.6. The summed E-state index contributed by atoms with van der Waals surface area (Å²) in [5.41, 5.74) is 0.620. The van der Waals surface area contributed by atoms with Gasteiger partial charge in [0.15, 0.2) is 6.61 Å². The van der Waals surface area contributed by atoms with Crippen LogP contribution in [0.5, 0.6) is 5.75 Å². The molecule has 8 heteroatoms. The molecule has 0 aliphatic rings. The molecule has 1 N–H and O–H groups in total. The van der Waals surface area contributed by atoms with E-state index in [1.807, 2.05) is 6.92 Å². The van der Waals surface area contributed by atoms with Crippen LogP contribution >= 0.6 is 0 Å². The minimum Gasteiger partial charge on any atom is -0.484 e. The number of carbonyl (C=O) groups is 1. The Morgan fingerprint density at radius 2 is 1.93 bits per heavy atom. The molecule has 1 amide bonds. The second-order valence-electron chi connectivity index (χ2n) is 5.74. The number of nitrogens with zero attached hydrogens (tertiary/aromatic N) is 2. The highest BCUT2D eigenvalue weighted by atomic mass is 19.1. The first-order valence-electron chi connectivity index (χ1n) is 8.35. The molecular weight excluding hydrogens is 356 g/mol. The van der Waals surface area contributed by atoms with Crippen molar-refractivity contribution in [1.82, 2.24) is 10.2 Å². The monoisotopic (exact) mass is 373 g/mol. The molecule has 0 saturated carbocycles. The molecule has 1 aromatic heterocycles. The van der Waals surface area contributed by atoms with E-state index in [9.17, 15) is 13.6 Å². The number of hydrogen-bond acceptors (Lipinski definition) is 5.